The molecule has 1 nitrogen and oxygen atoms in total. The number of halogens is 1. The second-order valence-corrected chi connectivity index (χ2v) is 4.18. The van der Waals surface area contributed by atoms with Crippen LogP contribution in [0.3, 0.4) is 0 Å². The zero-order chi connectivity index (χ0) is 9.84. The van der Waals surface area contributed by atoms with Crippen LogP contribution >= 0.6 is 15.9 Å². The summed E-state index contributed by atoms with van der Waals surface area (Å²) in [6.45, 7) is 5.83. The average molecular weight is 235 g/mol. The summed E-state index contributed by atoms with van der Waals surface area (Å²) in [6, 6.07) is 0. The van der Waals surface area contributed by atoms with Crippen molar-refractivity contribution < 1.29 is 6.11 Å². The predicted molar refractivity (Wildman–Crippen MR) is 55.7 cm³/mol. The van der Waals surface area contributed by atoms with Gasteiger partial charge in [0.2, 0.25) is 0 Å². The zero-order valence-corrected chi connectivity index (χ0v) is 9.14. The second-order valence-electron chi connectivity index (χ2n) is 3.39. The van der Waals surface area contributed by atoms with Crippen LogP contribution in [0.2, 0.25) is 0 Å². The maximum absolute atomic E-state index is 7.49. The Hall–Kier alpha value is 0.180. The molecule has 12 heavy (non-hydrogen) atoms. The fraction of sp³-hybridized carbons (Fsp3) is 0.800. The lowest BCUT2D eigenvalue weighted by atomic mass is 9.96. The Bertz CT molecular complexity index is 184. The third kappa shape index (κ3) is 2.60. The van der Waals surface area contributed by atoms with Gasteiger partial charge in [0, 0.05) is 11.9 Å². The van der Waals surface area contributed by atoms with Crippen molar-refractivity contribution >= 4 is 15.9 Å². The van der Waals surface area contributed by atoms with Gasteiger partial charge in [-0.2, -0.15) is 0 Å². The molecule has 70 valence electrons. The second kappa shape index (κ2) is 5.03. The van der Waals surface area contributed by atoms with Crippen molar-refractivity contribution in [1.82, 2.24) is 0 Å². The summed E-state index contributed by atoms with van der Waals surface area (Å²) in [6.07, 6.45) is 3.08. The first kappa shape index (κ1) is 8.76. The fourth-order valence-corrected chi connectivity index (χ4v) is 1.78. The molecule has 0 saturated carbocycles. The molecule has 1 heterocycles. The van der Waals surface area contributed by atoms with E-state index in [2.05, 4.69) is 29.4 Å². The van der Waals surface area contributed by atoms with Crippen molar-refractivity contribution in [3.63, 3.8) is 0 Å². The van der Waals surface area contributed by atoms with E-state index in [4.69, 9.17) is 6.11 Å². The third-order valence-corrected chi connectivity index (χ3v) is 2.82. The maximum Gasteiger partial charge on any atom is 0.0808 e. The van der Waals surface area contributed by atoms with E-state index in [9.17, 15) is 0 Å². The molecule has 0 unspecified atom stereocenters. The minimum Gasteiger partial charge on any atom is -0.374 e. The fourth-order valence-electron chi connectivity index (χ4n) is 1.50. The van der Waals surface area contributed by atoms with E-state index in [1.165, 1.54) is 0 Å². The van der Waals surface area contributed by atoms with Gasteiger partial charge in [-0.3, -0.25) is 0 Å². The Labute approximate surface area is 84.7 Å². The van der Waals surface area contributed by atoms with Crippen molar-refractivity contribution in [1.29, 1.82) is 0 Å². The van der Waals surface area contributed by atoms with E-state index in [1.807, 2.05) is 0 Å². The van der Waals surface area contributed by atoms with Crippen molar-refractivity contribution in [3.8, 4) is 0 Å². The van der Waals surface area contributed by atoms with Gasteiger partial charge in [0.25, 0.3) is 0 Å². The van der Waals surface area contributed by atoms with Crippen LogP contribution in [0.1, 0.15) is 27.6 Å². The zero-order valence-electron chi connectivity index (χ0n) is 8.55. The van der Waals surface area contributed by atoms with Gasteiger partial charge in [-0.1, -0.05) is 29.4 Å². The van der Waals surface area contributed by atoms with Crippen LogP contribution in [0.4, 0.5) is 0 Å². The molecular formula is C10H17BrO. The van der Waals surface area contributed by atoms with Crippen LogP contribution in [0.25, 0.3) is 0 Å². The molecule has 1 aliphatic rings. The Morgan fingerprint density at radius 3 is 3.08 bits per heavy atom. The first-order valence-corrected chi connectivity index (χ1v) is 5.58. The molecular weight excluding hydrogens is 216 g/mol. The summed E-state index contributed by atoms with van der Waals surface area (Å²) < 4.78 is 13.0. The highest BCUT2D eigenvalue weighted by Gasteiger charge is 2.25. The highest BCUT2D eigenvalue weighted by molar-refractivity contribution is 9.09. The number of rotatable bonds is 4. The van der Waals surface area contributed by atoms with E-state index < -0.39 is 0 Å². The topological polar surface area (TPSA) is 9.23 Å². The third-order valence-electron chi connectivity index (χ3n) is 2.26. The molecule has 0 bridgehead atoms. The smallest absolute Gasteiger partial charge is 0.0808 e. The highest BCUT2D eigenvalue weighted by atomic mass is 79.9. The largest absolute Gasteiger partial charge is 0.374 e. The van der Waals surface area contributed by atoms with Crippen molar-refractivity contribution in [3.05, 3.63) is 12.2 Å². The molecule has 0 aromatic rings. The van der Waals surface area contributed by atoms with Crippen LogP contribution in [0.5, 0.6) is 0 Å². The van der Waals surface area contributed by atoms with Crippen LogP contribution in [0.15, 0.2) is 12.2 Å². The van der Waals surface area contributed by atoms with Crippen LogP contribution in [-0.2, 0) is 4.74 Å². The van der Waals surface area contributed by atoms with Gasteiger partial charge in [0.1, 0.15) is 0 Å². The van der Waals surface area contributed by atoms with Gasteiger partial charge in [0.15, 0.2) is 0 Å². The first-order chi connectivity index (χ1) is 6.15. The summed E-state index contributed by atoms with van der Waals surface area (Å²) in [5, 5.41) is 1.01. The Kier molecular flexibility index (Phi) is 3.67. The minimum atomic E-state index is -0.333. The van der Waals surface area contributed by atoms with E-state index in [1.54, 1.807) is 0 Å². The molecule has 1 aliphatic heterocycles. The van der Waals surface area contributed by atoms with E-state index in [-0.39, 0.29) is 12.7 Å². The summed E-state index contributed by atoms with van der Waals surface area (Å²) in [4.78, 5) is 0. The normalized spacial score (nSPS) is 36.5. The Morgan fingerprint density at radius 1 is 1.83 bits per heavy atom. The van der Waals surface area contributed by atoms with E-state index in [0.717, 1.165) is 30.2 Å². The number of hydrogen-bond donors (Lipinski definition) is 0. The Balaban J connectivity index is 2.38. The van der Waals surface area contributed by atoms with Crippen molar-refractivity contribution in [2.24, 2.45) is 5.92 Å². The number of ether oxygens (including phenoxy) is 1. The molecule has 1 rings (SSSR count). The molecule has 0 radical (unpaired) electrons. The average Bonchev–Trinajstić information content (AvgIpc) is 2.41. The molecule has 2 heteroatoms. The first-order valence-electron chi connectivity index (χ1n) is 5.04. The van der Waals surface area contributed by atoms with Crippen molar-refractivity contribution in [2.75, 3.05) is 11.9 Å². The van der Waals surface area contributed by atoms with Gasteiger partial charge in [-0.15, -0.1) is 0 Å². The number of hydrogen-bond acceptors (Lipinski definition) is 1. The number of alkyl halides is 1. The molecule has 3 atom stereocenters. The maximum atomic E-state index is 7.49. The predicted octanol–water partition coefficient (Wildman–Crippen LogP) is 3.14. The van der Waals surface area contributed by atoms with Crippen LogP contribution in [0, 0.1) is 5.92 Å². The van der Waals surface area contributed by atoms with Crippen molar-refractivity contribution in [2.45, 2.75) is 32.3 Å². The lowest BCUT2D eigenvalue weighted by molar-refractivity contribution is 0.119. The summed E-state index contributed by atoms with van der Waals surface area (Å²) >= 11 is 3.39. The highest BCUT2D eigenvalue weighted by Crippen LogP contribution is 2.27. The summed E-state index contributed by atoms with van der Waals surface area (Å²) in [5.41, 5.74) is 1.15. The lowest BCUT2D eigenvalue weighted by Gasteiger charge is -2.16. The molecule has 1 fully saturated rings. The van der Waals surface area contributed by atoms with Gasteiger partial charge >= 0.3 is 0 Å². The van der Waals surface area contributed by atoms with E-state index in [0.29, 0.717) is 5.92 Å². The minimum absolute atomic E-state index is 0.126. The van der Waals surface area contributed by atoms with Gasteiger partial charge in [-0.05, 0) is 30.8 Å². The molecule has 0 aromatic heterocycles. The standard InChI is InChI=1S/C10H17BrO/c1-8(4-3-6-11)10-9(2)5-7-12-10/h9-10H,1,3-7H2,2H3/t9-,10+/m0/s1/i7T/t7-,9-,10+. The summed E-state index contributed by atoms with van der Waals surface area (Å²) in [7, 11) is 0. The molecule has 0 N–H and O–H groups in total. The van der Waals surface area contributed by atoms with Gasteiger partial charge in [-0.25, -0.2) is 0 Å². The van der Waals surface area contributed by atoms with Gasteiger partial charge < -0.3 is 4.74 Å². The van der Waals surface area contributed by atoms with Crippen LogP contribution in [-0.4, -0.2) is 18.0 Å². The molecule has 0 amide bonds. The lowest BCUT2D eigenvalue weighted by Crippen LogP contribution is -2.15. The Morgan fingerprint density at radius 2 is 2.58 bits per heavy atom. The summed E-state index contributed by atoms with van der Waals surface area (Å²) in [5.74, 6) is 0.463. The SMILES string of the molecule is [3H][C@H]1C[C@H](C)[C@@H](C(=C)CCCBr)O1. The van der Waals surface area contributed by atoms with E-state index >= 15 is 0 Å². The monoisotopic (exact) mass is 234 g/mol. The molecule has 0 spiro atoms. The van der Waals surface area contributed by atoms with Gasteiger partial charge in [0.05, 0.1) is 7.47 Å². The molecule has 1 saturated heterocycles. The quantitative estimate of drug-likeness (QED) is 0.537. The molecule has 0 aromatic carbocycles. The molecule has 0 aliphatic carbocycles. The van der Waals surface area contributed by atoms with Crippen LogP contribution < -0.4 is 0 Å².